The molecule has 1 aromatic carbocycles. The fourth-order valence-corrected chi connectivity index (χ4v) is 3.50. The maximum absolute atomic E-state index is 12.4. The molecule has 2 unspecified atom stereocenters. The predicted molar refractivity (Wildman–Crippen MR) is 80.5 cm³/mol. The molecule has 0 saturated carbocycles. The summed E-state index contributed by atoms with van der Waals surface area (Å²) in [7, 11) is 0. The third-order valence-corrected chi connectivity index (χ3v) is 4.74. The average molecular weight is 301 g/mol. The molecule has 1 aromatic heterocycles. The molecule has 2 heterocycles. The highest BCUT2D eigenvalue weighted by Gasteiger charge is 2.40. The van der Waals surface area contributed by atoms with Crippen LogP contribution in [0.1, 0.15) is 21.2 Å². The van der Waals surface area contributed by atoms with Gasteiger partial charge in [-0.15, -0.1) is 11.3 Å². The lowest BCUT2D eigenvalue weighted by Gasteiger charge is -2.15. The summed E-state index contributed by atoms with van der Waals surface area (Å²) >= 11 is 1.39. The van der Waals surface area contributed by atoms with Crippen molar-refractivity contribution in [3.8, 4) is 0 Å². The van der Waals surface area contributed by atoms with Crippen LogP contribution in [0.25, 0.3) is 0 Å². The molecular formula is C16H15NO3S. The van der Waals surface area contributed by atoms with Gasteiger partial charge in [0.25, 0.3) is 5.91 Å². The summed E-state index contributed by atoms with van der Waals surface area (Å²) in [6, 6.07) is 13.2. The van der Waals surface area contributed by atoms with Crippen molar-refractivity contribution in [1.82, 2.24) is 4.90 Å². The van der Waals surface area contributed by atoms with Gasteiger partial charge in [0.1, 0.15) is 0 Å². The lowest BCUT2D eigenvalue weighted by Crippen LogP contribution is -2.29. The zero-order valence-corrected chi connectivity index (χ0v) is 12.1. The van der Waals surface area contributed by atoms with E-state index in [1.165, 1.54) is 11.3 Å². The zero-order chi connectivity index (χ0) is 14.8. The first kappa shape index (κ1) is 13.8. The van der Waals surface area contributed by atoms with Crippen LogP contribution in [0.2, 0.25) is 0 Å². The fourth-order valence-electron chi connectivity index (χ4n) is 2.81. The minimum atomic E-state index is -0.842. The number of rotatable bonds is 3. The average Bonchev–Trinajstić information content (AvgIpc) is 3.17. The maximum atomic E-state index is 12.4. The third-order valence-electron chi connectivity index (χ3n) is 3.88. The van der Waals surface area contributed by atoms with Gasteiger partial charge in [0.15, 0.2) is 0 Å². The second kappa shape index (κ2) is 5.69. The van der Waals surface area contributed by atoms with Crippen LogP contribution in [-0.4, -0.2) is 35.0 Å². The number of likely N-dealkylation sites (tertiary alicyclic amines) is 1. The Morgan fingerprint density at radius 3 is 2.48 bits per heavy atom. The van der Waals surface area contributed by atoms with E-state index < -0.39 is 11.9 Å². The standard InChI is InChI=1S/C16H15NO3S/c18-15(14-7-4-8-21-14)17-9-12(13(10-17)16(19)20)11-5-2-1-3-6-11/h1-8,12-13H,9-10H2,(H,19,20). The zero-order valence-electron chi connectivity index (χ0n) is 11.3. The molecule has 2 atom stereocenters. The Kier molecular flexibility index (Phi) is 3.75. The molecular weight excluding hydrogens is 286 g/mol. The maximum Gasteiger partial charge on any atom is 0.308 e. The lowest BCUT2D eigenvalue weighted by atomic mass is 9.89. The second-order valence-corrected chi connectivity index (χ2v) is 6.10. The van der Waals surface area contributed by atoms with Crippen LogP contribution in [-0.2, 0) is 4.79 Å². The van der Waals surface area contributed by atoms with Crippen molar-refractivity contribution in [3.63, 3.8) is 0 Å². The highest BCUT2D eigenvalue weighted by molar-refractivity contribution is 7.12. The van der Waals surface area contributed by atoms with Crippen LogP contribution < -0.4 is 0 Å². The minimum absolute atomic E-state index is 0.0744. The Hall–Kier alpha value is -2.14. The summed E-state index contributed by atoms with van der Waals surface area (Å²) in [4.78, 5) is 26.2. The van der Waals surface area contributed by atoms with Crippen molar-refractivity contribution >= 4 is 23.2 Å². The number of hydrogen-bond donors (Lipinski definition) is 1. The molecule has 1 aliphatic rings. The highest BCUT2D eigenvalue weighted by Crippen LogP contribution is 2.33. The number of carbonyl (C=O) groups excluding carboxylic acids is 1. The largest absolute Gasteiger partial charge is 0.481 e. The van der Waals surface area contributed by atoms with Crippen molar-refractivity contribution in [1.29, 1.82) is 0 Å². The van der Waals surface area contributed by atoms with E-state index in [0.29, 0.717) is 11.4 Å². The van der Waals surface area contributed by atoms with Gasteiger partial charge in [-0.2, -0.15) is 0 Å². The summed E-state index contributed by atoms with van der Waals surface area (Å²) < 4.78 is 0. The van der Waals surface area contributed by atoms with Crippen LogP contribution in [0.3, 0.4) is 0 Å². The van der Waals surface area contributed by atoms with E-state index in [-0.39, 0.29) is 18.4 Å². The summed E-state index contributed by atoms with van der Waals surface area (Å²) in [6.07, 6.45) is 0. The van der Waals surface area contributed by atoms with Gasteiger partial charge in [0, 0.05) is 19.0 Å². The van der Waals surface area contributed by atoms with Crippen LogP contribution in [0.4, 0.5) is 0 Å². The van der Waals surface area contributed by atoms with E-state index in [1.807, 2.05) is 41.8 Å². The van der Waals surface area contributed by atoms with Crippen molar-refractivity contribution in [3.05, 3.63) is 58.3 Å². The molecule has 1 saturated heterocycles. The number of carboxylic acids is 1. The number of thiophene rings is 1. The molecule has 1 N–H and O–H groups in total. The van der Waals surface area contributed by atoms with Crippen molar-refractivity contribution in [2.75, 3.05) is 13.1 Å². The Morgan fingerprint density at radius 1 is 1.10 bits per heavy atom. The van der Waals surface area contributed by atoms with Gasteiger partial charge >= 0.3 is 5.97 Å². The van der Waals surface area contributed by atoms with Crippen molar-refractivity contribution in [2.45, 2.75) is 5.92 Å². The SMILES string of the molecule is O=C(O)C1CN(C(=O)c2cccs2)CC1c1ccccc1. The molecule has 0 bridgehead atoms. The Morgan fingerprint density at radius 2 is 1.86 bits per heavy atom. The number of nitrogens with zero attached hydrogens (tertiary/aromatic N) is 1. The number of hydrogen-bond acceptors (Lipinski definition) is 3. The van der Waals surface area contributed by atoms with Gasteiger partial charge in [-0.25, -0.2) is 0 Å². The topological polar surface area (TPSA) is 57.6 Å². The Balaban J connectivity index is 1.85. The van der Waals surface area contributed by atoms with Gasteiger partial charge in [-0.05, 0) is 17.0 Å². The predicted octanol–water partition coefficient (Wildman–Crippen LogP) is 2.69. The van der Waals surface area contributed by atoms with E-state index in [2.05, 4.69) is 0 Å². The second-order valence-electron chi connectivity index (χ2n) is 5.15. The van der Waals surface area contributed by atoms with E-state index in [1.54, 1.807) is 11.0 Å². The minimum Gasteiger partial charge on any atom is -0.481 e. The smallest absolute Gasteiger partial charge is 0.308 e. The van der Waals surface area contributed by atoms with Crippen LogP contribution >= 0.6 is 11.3 Å². The molecule has 108 valence electrons. The van der Waals surface area contributed by atoms with E-state index in [0.717, 1.165) is 5.56 Å². The molecule has 1 fully saturated rings. The Labute approximate surface area is 126 Å². The van der Waals surface area contributed by atoms with Crippen molar-refractivity contribution in [2.24, 2.45) is 5.92 Å². The number of carboxylic acid groups (broad SMARTS) is 1. The van der Waals surface area contributed by atoms with Crippen LogP contribution in [0, 0.1) is 5.92 Å². The molecule has 0 radical (unpaired) electrons. The summed E-state index contributed by atoms with van der Waals surface area (Å²) in [5, 5.41) is 11.3. The highest BCUT2D eigenvalue weighted by atomic mass is 32.1. The fraction of sp³-hybridized carbons (Fsp3) is 0.250. The molecule has 1 aliphatic heterocycles. The molecule has 0 aliphatic carbocycles. The molecule has 5 heteroatoms. The Bertz CT molecular complexity index is 639. The van der Waals surface area contributed by atoms with Gasteiger partial charge in [-0.1, -0.05) is 36.4 Å². The lowest BCUT2D eigenvalue weighted by molar-refractivity contribution is -0.141. The molecule has 0 spiro atoms. The number of benzene rings is 1. The van der Waals surface area contributed by atoms with Gasteiger partial charge in [-0.3, -0.25) is 9.59 Å². The first-order valence-electron chi connectivity index (χ1n) is 6.77. The van der Waals surface area contributed by atoms with E-state index in [4.69, 9.17) is 0 Å². The summed E-state index contributed by atoms with van der Waals surface area (Å²) in [5.74, 6) is -1.61. The quantitative estimate of drug-likeness (QED) is 0.948. The normalized spacial score (nSPS) is 21.4. The van der Waals surface area contributed by atoms with Crippen LogP contribution in [0.15, 0.2) is 47.8 Å². The van der Waals surface area contributed by atoms with Crippen LogP contribution in [0.5, 0.6) is 0 Å². The summed E-state index contributed by atoms with van der Waals surface area (Å²) in [5.41, 5.74) is 0.978. The first-order chi connectivity index (χ1) is 10.2. The molecule has 21 heavy (non-hydrogen) atoms. The van der Waals surface area contributed by atoms with Gasteiger partial charge in [0.2, 0.25) is 0 Å². The molecule has 1 amide bonds. The number of aliphatic carboxylic acids is 1. The monoisotopic (exact) mass is 301 g/mol. The van der Waals surface area contributed by atoms with Crippen molar-refractivity contribution < 1.29 is 14.7 Å². The molecule has 2 aromatic rings. The molecule has 3 rings (SSSR count). The van der Waals surface area contributed by atoms with E-state index >= 15 is 0 Å². The number of amides is 1. The van der Waals surface area contributed by atoms with Gasteiger partial charge < -0.3 is 10.0 Å². The molecule has 4 nitrogen and oxygen atoms in total. The number of carbonyl (C=O) groups is 2. The summed E-state index contributed by atoms with van der Waals surface area (Å²) in [6.45, 7) is 0.726. The van der Waals surface area contributed by atoms with Gasteiger partial charge in [0.05, 0.1) is 10.8 Å². The first-order valence-corrected chi connectivity index (χ1v) is 7.65. The van der Waals surface area contributed by atoms with E-state index in [9.17, 15) is 14.7 Å². The third kappa shape index (κ3) is 2.69.